The third-order valence-corrected chi connectivity index (χ3v) is 5.33. The molecule has 1 fully saturated rings. The van der Waals surface area contributed by atoms with Crippen molar-refractivity contribution in [2.75, 3.05) is 32.7 Å². The third-order valence-electron chi connectivity index (χ3n) is 5.33. The van der Waals surface area contributed by atoms with E-state index in [9.17, 15) is 4.79 Å². The first kappa shape index (κ1) is 19.9. The van der Waals surface area contributed by atoms with Crippen LogP contribution in [-0.2, 0) is 6.54 Å². The molecule has 0 aromatic heterocycles. The molecule has 140 valence electrons. The lowest BCUT2D eigenvalue weighted by Gasteiger charge is -2.30. The molecule has 1 N–H and O–H groups in total. The summed E-state index contributed by atoms with van der Waals surface area (Å²) >= 11 is 0. The maximum atomic E-state index is 12.3. The molecule has 0 unspecified atom stereocenters. The Morgan fingerprint density at radius 1 is 1.24 bits per heavy atom. The molecule has 0 spiro atoms. The molecule has 4 nitrogen and oxygen atoms in total. The van der Waals surface area contributed by atoms with Crippen molar-refractivity contribution in [3.63, 3.8) is 0 Å². The van der Waals surface area contributed by atoms with Crippen molar-refractivity contribution in [3.05, 3.63) is 35.4 Å². The first-order chi connectivity index (χ1) is 12.0. The van der Waals surface area contributed by atoms with E-state index in [-0.39, 0.29) is 5.91 Å². The van der Waals surface area contributed by atoms with Gasteiger partial charge in [0, 0.05) is 31.2 Å². The quantitative estimate of drug-likeness (QED) is 0.784. The Kier molecular flexibility index (Phi) is 7.91. The van der Waals surface area contributed by atoms with Crippen molar-refractivity contribution < 1.29 is 4.79 Å². The molecule has 1 aliphatic heterocycles. The molecule has 0 radical (unpaired) electrons. The van der Waals surface area contributed by atoms with Crippen molar-refractivity contribution in [1.82, 2.24) is 15.1 Å². The third kappa shape index (κ3) is 6.44. The predicted molar refractivity (Wildman–Crippen MR) is 105 cm³/mol. The van der Waals surface area contributed by atoms with Crippen LogP contribution in [0.2, 0.25) is 0 Å². The van der Waals surface area contributed by atoms with Gasteiger partial charge in [-0.3, -0.25) is 9.69 Å². The van der Waals surface area contributed by atoms with E-state index in [1.165, 1.54) is 18.4 Å². The number of rotatable bonds is 8. The van der Waals surface area contributed by atoms with E-state index in [2.05, 4.69) is 54.9 Å². The van der Waals surface area contributed by atoms with Crippen LogP contribution in [0.4, 0.5) is 0 Å². The smallest absolute Gasteiger partial charge is 0.251 e. The molecule has 0 aliphatic carbocycles. The summed E-state index contributed by atoms with van der Waals surface area (Å²) in [5, 5.41) is 3.06. The monoisotopic (exact) mass is 345 g/mol. The minimum absolute atomic E-state index is 0.0353. The van der Waals surface area contributed by atoms with Gasteiger partial charge >= 0.3 is 0 Å². The zero-order valence-corrected chi connectivity index (χ0v) is 16.4. The zero-order chi connectivity index (χ0) is 18.2. The van der Waals surface area contributed by atoms with E-state index < -0.39 is 0 Å². The number of piperidine rings is 1. The van der Waals surface area contributed by atoms with E-state index in [0.29, 0.717) is 6.04 Å². The van der Waals surface area contributed by atoms with Gasteiger partial charge in [-0.15, -0.1) is 0 Å². The Bertz CT molecular complexity index is 518. The fourth-order valence-electron chi connectivity index (χ4n) is 3.37. The molecule has 1 heterocycles. The average Bonchev–Trinajstić information content (AvgIpc) is 2.61. The highest BCUT2D eigenvalue weighted by molar-refractivity contribution is 5.94. The number of carbonyl (C=O) groups excluding carboxylic acids is 1. The second-order valence-corrected chi connectivity index (χ2v) is 7.63. The van der Waals surface area contributed by atoms with Gasteiger partial charge in [0.2, 0.25) is 0 Å². The molecule has 1 saturated heterocycles. The van der Waals surface area contributed by atoms with Gasteiger partial charge in [0.05, 0.1) is 0 Å². The van der Waals surface area contributed by atoms with Crippen molar-refractivity contribution in [2.24, 2.45) is 5.92 Å². The zero-order valence-electron chi connectivity index (χ0n) is 16.4. The van der Waals surface area contributed by atoms with Crippen LogP contribution in [0.25, 0.3) is 0 Å². The number of nitrogens with zero attached hydrogens (tertiary/aromatic N) is 2. The SMILES string of the molecule is CCN(Cc1ccc(C(=O)NCCN2CCC(C)CC2)cc1)C(C)C. The summed E-state index contributed by atoms with van der Waals surface area (Å²) in [5.74, 6) is 0.886. The Morgan fingerprint density at radius 2 is 1.88 bits per heavy atom. The van der Waals surface area contributed by atoms with Gasteiger partial charge in [-0.2, -0.15) is 0 Å². The van der Waals surface area contributed by atoms with Gasteiger partial charge in [-0.25, -0.2) is 0 Å². The molecule has 1 aliphatic rings. The van der Waals surface area contributed by atoms with Crippen LogP contribution in [0.1, 0.15) is 56.5 Å². The number of amides is 1. The van der Waals surface area contributed by atoms with Crippen LogP contribution < -0.4 is 5.32 Å². The van der Waals surface area contributed by atoms with Gasteiger partial charge in [-0.05, 0) is 69.9 Å². The van der Waals surface area contributed by atoms with Crippen molar-refractivity contribution in [2.45, 2.75) is 53.1 Å². The highest BCUT2D eigenvalue weighted by Gasteiger charge is 2.15. The minimum Gasteiger partial charge on any atom is -0.351 e. The van der Waals surface area contributed by atoms with Gasteiger partial charge in [-0.1, -0.05) is 26.0 Å². The first-order valence-corrected chi connectivity index (χ1v) is 9.83. The lowest BCUT2D eigenvalue weighted by molar-refractivity contribution is 0.0944. The van der Waals surface area contributed by atoms with E-state index in [1.54, 1.807) is 0 Å². The van der Waals surface area contributed by atoms with Crippen LogP contribution in [0.3, 0.4) is 0 Å². The van der Waals surface area contributed by atoms with E-state index in [0.717, 1.165) is 50.7 Å². The molecule has 1 aromatic carbocycles. The summed E-state index contributed by atoms with van der Waals surface area (Å²) in [4.78, 5) is 17.2. The lowest BCUT2D eigenvalue weighted by Crippen LogP contribution is -2.39. The molecule has 1 amide bonds. The molecule has 2 rings (SSSR count). The number of hydrogen-bond donors (Lipinski definition) is 1. The van der Waals surface area contributed by atoms with Crippen molar-refractivity contribution >= 4 is 5.91 Å². The maximum Gasteiger partial charge on any atom is 0.251 e. The molecular formula is C21H35N3O. The van der Waals surface area contributed by atoms with Gasteiger partial charge < -0.3 is 10.2 Å². The standard InChI is InChI=1S/C21H35N3O/c1-5-24(17(2)3)16-19-6-8-20(9-7-19)21(25)22-12-15-23-13-10-18(4)11-14-23/h6-9,17-18H,5,10-16H2,1-4H3,(H,22,25). The molecule has 0 saturated carbocycles. The van der Waals surface area contributed by atoms with Gasteiger partial charge in [0.1, 0.15) is 0 Å². The van der Waals surface area contributed by atoms with Crippen molar-refractivity contribution in [3.8, 4) is 0 Å². The summed E-state index contributed by atoms with van der Waals surface area (Å²) in [6.07, 6.45) is 2.56. The Morgan fingerprint density at radius 3 is 2.44 bits per heavy atom. The normalized spacial score (nSPS) is 16.6. The largest absolute Gasteiger partial charge is 0.351 e. The van der Waals surface area contributed by atoms with Crippen LogP contribution in [0.15, 0.2) is 24.3 Å². The second-order valence-electron chi connectivity index (χ2n) is 7.63. The fraction of sp³-hybridized carbons (Fsp3) is 0.667. The van der Waals surface area contributed by atoms with Crippen molar-refractivity contribution in [1.29, 1.82) is 0 Å². The summed E-state index contributed by atoms with van der Waals surface area (Å²) < 4.78 is 0. The van der Waals surface area contributed by atoms with Gasteiger partial charge in [0.25, 0.3) is 5.91 Å². The number of benzene rings is 1. The van der Waals surface area contributed by atoms with E-state index in [4.69, 9.17) is 0 Å². The van der Waals surface area contributed by atoms with E-state index in [1.807, 2.05) is 12.1 Å². The highest BCUT2D eigenvalue weighted by atomic mass is 16.1. The average molecular weight is 346 g/mol. The Balaban J connectivity index is 1.76. The maximum absolute atomic E-state index is 12.3. The van der Waals surface area contributed by atoms with Crippen LogP contribution in [0, 0.1) is 5.92 Å². The lowest BCUT2D eigenvalue weighted by atomic mass is 9.99. The summed E-state index contributed by atoms with van der Waals surface area (Å²) in [6, 6.07) is 8.58. The van der Waals surface area contributed by atoms with Crippen LogP contribution in [0.5, 0.6) is 0 Å². The first-order valence-electron chi connectivity index (χ1n) is 9.83. The number of nitrogens with one attached hydrogen (secondary N) is 1. The number of carbonyl (C=O) groups is 1. The van der Waals surface area contributed by atoms with E-state index >= 15 is 0 Å². The highest BCUT2D eigenvalue weighted by Crippen LogP contribution is 2.15. The summed E-state index contributed by atoms with van der Waals surface area (Å²) in [6.45, 7) is 14.9. The fourth-order valence-corrected chi connectivity index (χ4v) is 3.37. The van der Waals surface area contributed by atoms with Crippen LogP contribution in [-0.4, -0.2) is 54.5 Å². The molecule has 25 heavy (non-hydrogen) atoms. The topological polar surface area (TPSA) is 35.6 Å². The molecule has 0 atom stereocenters. The minimum atomic E-state index is 0.0353. The summed E-state index contributed by atoms with van der Waals surface area (Å²) in [5.41, 5.74) is 2.01. The molecule has 4 heteroatoms. The molecule has 0 bridgehead atoms. The molecule has 1 aromatic rings. The summed E-state index contributed by atoms with van der Waals surface area (Å²) in [7, 11) is 0. The number of likely N-dealkylation sites (tertiary alicyclic amines) is 1. The Hall–Kier alpha value is -1.39. The number of hydrogen-bond acceptors (Lipinski definition) is 3. The predicted octanol–water partition coefficient (Wildman–Crippen LogP) is 3.38. The molecular weight excluding hydrogens is 310 g/mol. The van der Waals surface area contributed by atoms with Gasteiger partial charge in [0.15, 0.2) is 0 Å². The Labute approximate surface area is 153 Å². The van der Waals surface area contributed by atoms with Crippen LogP contribution >= 0.6 is 0 Å². The second kappa shape index (κ2) is 9.93.